The van der Waals surface area contributed by atoms with Crippen LogP contribution in [0.1, 0.15) is 20.7 Å². The van der Waals surface area contributed by atoms with E-state index in [1.807, 2.05) is 0 Å². The third kappa shape index (κ3) is 2.37. The normalized spacial score (nSPS) is 14.5. The van der Waals surface area contributed by atoms with E-state index in [9.17, 15) is 9.59 Å². The number of hydrogen-bond donors (Lipinski definition) is 0. The van der Waals surface area contributed by atoms with Crippen LogP contribution in [0.2, 0.25) is 13.1 Å². The monoisotopic (exact) mass is 350 g/mol. The third-order valence-electron chi connectivity index (χ3n) is 3.98. The van der Waals surface area contributed by atoms with Crippen molar-refractivity contribution in [3.63, 3.8) is 0 Å². The van der Waals surface area contributed by atoms with Gasteiger partial charge in [0.1, 0.15) is 19.6 Å². The molecule has 3 nitrogen and oxygen atoms in total. The average molecular weight is 351 g/mol. The van der Waals surface area contributed by atoms with Crippen LogP contribution in [-0.2, 0) is 0 Å². The Kier molecular flexibility index (Phi) is 3.63. The summed E-state index contributed by atoms with van der Waals surface area (Å²) in [5.74, 6) is 1.46. The molecule has 0 aromatic heterocycles. The van der Waals surface area contributed by atoms with Gasteiger partial charge in [0.15, 0.2) is 0 Å². The predicted molar refractivity (Wildman–Crippen MR) is 90.1 cm³/mol. The summed E-state index contributed by atoms with van der Waals surface area (Å²) >= 11 is 11.2. The fraction of sp³-hybridized carbons (Fsp3) is 0.125. The van der Waals surface area contributed by atoms with E-state index in [1.54, 1.807) is 36.4 Å². The molecule has 1 aliphatic rings. The van der Waals surface area contributed by atoms with Gasteiger partial charge in [-0.15, -0.1) is 0 Å². The standard InChI is InChI=1S/C16H12Cl2O3Si/c1-22(2)13-7-9(15(17)19)3-5-11(13)21-12-6-4-10(16(18)20)8-14(12)22/h3-8H,1-2H3. The van der Waals surface area contributed by atoms with Crippen LogP contribution in [0.3, 0.4) is 0 Å². The van der Waals surface area contributed by atoms with Crippen LogP contribution in [0.25, 0.3) is 0 Å². The number of rotatable bonds is 2. The van der Waals surface area contributed by atoms with Gasteiger partial charge >= 0.3 is 0 Å². The summed E-state index contributed by atoms with van der Waals surface area (Å²) in [6.07, 6.45) is 0. The van der Waals surface area contributed by atoms with Gasteiger partial charge in [0, 0.05) is 11.1 Å². The lowest BCUT2D eigenvalue weighted by atomic mass is 10.2. The smallest absolute Gasteiger partial charge is 0.252 e. The van der Waals surface area contributed by atoms with E-state index in [-0.39, 0.29) is 0 Å². The molecular weight excluding hydrogens is 339 g/mol. The molecule has 22 heavy (non-hydrogen) atoms. The zero-order valence-corrected chi connectivity index (χ0v) is 14.5. The van der Waals surface area contributed by atoms with Crippen LogP contribution >= 0.6 is 23.2 Å². The highest BCUT2D eigenvalue weighted by Gasteiger charge is 2.37. The molecule has 0 N–H and O–H groups in total. The fourth-order valence-electron chi connectivity index (χ4n) is 2.72. The topological polar surface area (TPSA) is 43.4 Å². The molecule has 0 bridgehead atoms. The molecule has 0 radical (unpaired) electrons. The molecular formula is C16H12Cl2O3Si. The van der Waals surface area contributed by atoms with Crippen molar-refractivity contribution in [3.8, 4) is 11.5 Å². The van der Waals surface area contributed by atoms with E-state index in [0.717, 1.165) is 21.9 Å². The molecule has 0 atom stereocenters. The highest BCUT2D eigenvalue weighted by Crippen LogP contribution is 2.30. The van der Waals surface area contributed by atoms with Crippen molar-refractivity contribution in [2.75, 3.05) is 0 Å². The van der Waals surface area contributed by atoms with Gasteiger partial charge < -0.3 is 4.74 Å². The minimum atomic E-state index is -2.13. The van der Waals surface area contributed by atoms with E-state index in [4.69, 9.17) is 27.9 Å². The maximum Gasteiger partial charge on any atom is 0.252 e. The van der Waals surface area contributed by atoms with Gasteiger partial charge in [0.05, 0.1) is 0 Å². The Hall–Kier alpha value is -1.62. The quantitative estimate of drug-likeness (QED) is 0.616. The number of carbonyl (C=O) groups excluding carboxylic acids is 2. The molecule has 0 aliphatic carbocycles. The molecule has 0 amide bonds. The summed E-state index contributed by atoms with van der Waals surface area (Å²) in [4.78, 5) is 22.8. The number of ether oxygens (including phenoxy) is 1. The van der Waals surface area contributed by atoms with Crippen molar-refractivity contribution in [1.29, 1.82) is 0 Å². The van der Waals surface area contributed by atoms with E-state index in [2.05, 4.69) is 13.1 Å². The Balaban J connectivity index is 2.20. The molecule has 0 saturated carbocycles. The Morgan fingerprint density at radius 2 is 1.27 bits per heavy atom. The molecule has 2 aromatic rings. The SMILES string of the molecule is C[Si]1(C)c2cc(C(=O)Cl)ccc2Oc2ccc(C(=O)Cl)cc21. The summed E-state index contributed by atoms with van der Waals surface area (Å²) in [6.45, 7) is 4.27. The lowest BCUT2D eigenvalue weighted by Gasteiger charge is -2.33. The number of benzene rings is 2. The summed E-state index contributed by atoms with van der Waals surface area (Å²) in [5, 5.41) is 0.961. The summed E-state index contributed by atoms with van der Waals surface area (Å²) in [6, 6.07) is 10.4. The second-order valence-corrected chi connectivity index (χ2v) is 10.7. The van der Waals surface area contributed by atoms with Crippen LogP contribution in [0, 0.1) is 0 Å². The molecule has 3 rings (SSSR count). The van der Waals surface area contributed by atoms with Crippen molar-refractivity contribution in [2.45, 2.75) is 13.1 Å². The first-order valence-electron chi connectivity index (χ1n) is 6.67. The minimum absolute atomic E-state index is 0.442. The van der Waals surface area contributed by atoms with Crippen molar-refractivity contribution in [1.82, 2.24) is 0 Å². The van der Waals surface area contributed by atoms with Crippen molar-refractivity contribution in [3.05, 3.63) is 47.5 Å². The molecule has 0 spiro atoms. The van der Waals surface area contributed by atoms with Crippen molar-refractivity contribution >= 4 is 52.1 Å². The van der Waals surface area contributed by atoms with E-state index in [1.165, 1.54) is 0 Å². The summed E-state index contributed by atoms with van der Waals surface area (Å²) in [7, 11) is -2.13. The summed E-state index contributed by atoms with van der Waals surface area (Å²) in [5.41, 5.74) is 0.884. The van der Waals surface area contributed by atoms with E-state index < -0.39 is 18.6 Å². The van der Waals surface area contributed by atoms with Crippen LogP contribution in [-0.4, -0.2) is 18.6 Å². The zero-order valence-electron chi connectivity index (χ0n) is 11.9. The Morgan fingerprint density at radius 3 is 1.64 bits per heavy atom. The molecule has 0 fully saturated rings. The Bertz CT molecular complexity index is 750. The number of fused-ring (bicyclic) bond motifs is 2. The van der Waals surface area contributed by atoms with Crippen molar-refractivity contribution in [2.24, 2.45) is 0 Å². The molecule has 1 aliphatic heterocycles. The first kappa shape index (κ1) is 15.3. The minimum Gasteiger partial charge on any atom is -0.458 e. The predicted octanol–water partition coefficient (Wildman–Crippen LogP) is 3.37. The molecule has 6 heteroatoms. The highest BCUT2D eigenvalue weighted by molar-refractivity contribution is 7.02. The lowest BCUT2D eigenvalue weighted by Crippen LogP contribution is -2.56. The van der Waals surface area contributed by atoms with Gasteiger partial charge in [-0.1, -0.05) is 13.1 Å². The summed E-state index contributed by atoms with van der Waals surface area (Å²) < 4.78 is 5.91. The molecule has 0 saturated heterocycles. The van der Waals surface area contributed by atoms with E-state index in [0.29, 0.717) is 11.1 Å². The maximum absolute atomic E-state index is 11.4. The van der Waals surface area contributed by atoms with Crippen LogP contribution in [0.5, 0.6) is 11.5 Å². The highest BCUT2D eigenvalue weighted by atomic mass is 35.5. The maximum atomic E-state index is 11.4. The van der Waals surface area contributed by atoms with Crippen molar-refractivity contribution < 1.29 is 14.3 Å². The van der Waals surface area contributed by atoms with E-state index >= 15 is 0 Å². The lowest BCUT2D eigenvalue weighted by molar-refractivity contribution is 0.107. The fourth-order valence-corrected chi connectivity index (χ4v) is 5.78. The second-order valence-electron chi connectivity index (χ2n) is 5.70. The van der Waals surface area contributed by atoms with Gasteiger partial charge in [-0.05, 0) is 70.0 Å². The van der Waals surface area contributed by atoms with Gasteiger partial charge in [0.25, 0.3) is 10.5 Å². The number of hydrogen-bond acceptors (Lipinski definition) is 3. The largest absolute Gasteiger partial charge is 0.458 e. The molecule has 0 unspecified atom stereocenters. The van der Waals surface area contributed by atoms with Gasteiger partial charge in [-0.2, -0.15) is 0 Å². The first-order chi connectivity index (χ1) is 10.3. The zero-order chi connectivity index (χ0) is 16.1. The molecule has 1 heterocycles. The Morgan fingerprint density at radius 1 is 0.864 bits per heavy atom. The molecule has 112 valence electrons. The van der Waals surface area contributed by atoms with Gasteiger partial charge in [0.2, 0.25) is 0 Å². The van der Waals surface area contributed by atoms with Crippen LogP contribution in [0.4, 0.5) is 0 Å². The van der Waals surface area contributed by atoms with Crippen LogP contribution < -0.4 is 15.1 Å². The average Bonchev–Trinajstić information content (AvgIpc) is 2.46. The van der Waals surface area contributed by atoms with Gasteiger partial charge in [-0.25, -0.2) is 0 Å². The Labute approximate surface area is 138 Å². The molecule has 2 aromatic carbocycles. The first-order valence-corrected chi connectivity index (χ1v) is 10.4. The number of carbonyl (C=O) groups is 2. The van der Waals surface area contributed by atoms with Gasteiger partial charge in [-0.3, -0.25) is 9.59 Å². The van der Waals surface area contributed by atoms with Crippen LogP contribution in [0.15, 0.2) is 36.4 Å². The second kappa shape index (κ2) is 5.23. The third-order valence-corrected chi connectivity index (χ3v) is 7.89. The number of halogens is 2.